The number of hydrogen-bond donors (Lipinski definition) is 2. The number of aromatic nitrogens is 1. The molecule has 1 heterocycles. The Morgan fingerprint density at radius 3 is 2.90 bits per heavy atom. The van der Waals surface area contributed by atoms with Crippen molar-refractivity contribution in [2.45, 2.75) is 50.8 Å². The van der Waals surface area contributed by atoms with Gasteiger partial charge in [-0.25, -0.2) is 0 Å². The molecule has 1 aromatic carbocycles. The van der Waals surface area contributed by atoms with Crippen LogP contribution in [0.1, 0.15) is 37.7 Å². The predicted octanol–water partition coefficient (Wildman–Crippen LogP) is 3.02. The molecule has 0 saturated heterocycles. The van der Waals surface area contributed by atoms with Gasteiger partial charge in [0.25, 0.3) is 0 Å². The Morgan fingerprint density at radius 2 is 1.95 bits per heavy atom. The van der Waals surface area contributed by atoms with Gasteiger partial charge in [-0.05, 0) is 24.5 Å². The van der Waals surface area contributed by atoms with Crippen molar-refractivity contribution in [3.8, 4) is 0 Å². The van der Waals surface area contributed by atoms with Crippen molar-refractivity contribution in [1.29, 1.82) is 0 Å². The van der Waals surface area contributed by atoms with Gasteiger partial charge in [-0.2, -0.15) is 0 Å². The number of nitrogens with zero attached hydrogens (tertiary/aromatic N) is 1. The van der Waals surface area contributed by atoms with Crippen LogP contribution in [0, 0.1) is 0 Å². The Hall–Kier alpha value is -1.45. The highest BCUT2D eigenvalue weighted by Gasteiger charge is 2.20. The maximum absolute atomic E-state index is 10.2. The number of rotatable bonds is 3. The van der Waals surface area contributed by atoms with Gasteiger partial charge < -0.3 is 10.4 Å². The Balaban J connectivity index is 1.73. The Labute approximate surface area is 120 Å². The largest absolute Gasteiger partial charge is 0.392 e. The van der Waals surface area contributed by atoms with E-state index in [4.69, 9.17) is 0 Å². The van der Waals surface area contributed by atoms with E-state index in [0.29, 0.717) is 0 Å². The molecule has 0 aliphatic heterocycles. The van der Waals surface area contributed by atoms with Crippen LogP contribution in [0.2, 0.25) is 0 Å². The van der Waals surface area contributed by atoms with Gasteiger partial charge in [-0.3, -0.25) is 4.98 Å². The predicted molar refractivity (Wildman–Crippen MR) is 81.5 cm³/mol. The molecule has 2 unspecified atom stereocenters. The summed E-state index contributed by atoms with van der Waals surface area (Å²) in [6.45, 7) is 0.774. The molecule has 3 nitrogen and oxygen atoms in total. The molecular weight excluding hydrogens is 248 g/mol. The second kappa shape index (κ2) is 6.33. The summed E-state index contributed by atoms with van der Waals surface area (Å²) >= 11 is 0. The van der Waals surface area contributed by atoms with Gasteiger partial charge in [0.1, 0.15) is 0 Å². The first kappa shape index (κ1) is 13.5. The summed E-state index contributed by atoms with van der Waals surface area (Å²) in [6.07, 6.45) is 7.22. The number of pyridine rings is 1. The lowest BCUT2D eigenvalue weighted by molar-refractivity contribution is 0.119. The van der Waals surface area contributed by atoms with E-state index in [1.807, 2.05) is 12.3 Å². The van der Waals surface area contributed by atoms with Crippen LogP contribution in [0.25, 0.3) is 10.9 Å². The lowest BCUT2D eigenvalue weighted by Gasteiger charge is -2.22. The second-order valence-electron chi connectivity index (χ2n) is 5.69. The van der Waals surface area contributed by atoms with Crippen molar-refractivity contribution in [2.75, 3.05) is 0 Å². The molecule has 20 heavy (non-hydrogen) atoms. The maximum Gasteiger partial charge on any atom is 0.0746 e. The van der Waals surface area contributed by atoms with E-state index < -0.39 is 0 Å². The fraction of sp³-hybridized carbons (Fsp3) is 0.471. The summed E-state index contributed by atoms with van der Waals surface area (Å²) < 4.78 is 0. The van der Waals surface area contributed by atoms with Gasteiger partial charge in [-0.15, -0.1) is 0 Å². The SMILES string of the molecule is OC1CCCCCC1NCc1cccc2cccnc12. The van der Waals surface area contributed by atoms with Gasteiger partial charge in [0.2, 0.25) is 0 Å². The third kappa shape index (κ3) is 3.00. The zero-order chi connectivity index (χ0) is 13.8. The van der Waals surface area contributed by atoms with E-state index in [-0.39, 0.29) is 12.1 Å². The molecule has 1 aliphatic rings. The Kier molecular flexibility index (Phi) is 4.28. The molecule has 1 aromatic heterocycles. The Morgan fingerprint density at radius 1 is 1.10 bits per heavy atom. The summed E-state index contributed by atoms with van der Waals surface area (Å²) in [4.78, 5) is 4.48. The molecule has 1 aliphatic carbocycles. The highest BCUT2D eigenvalue weighted by molar-refractivity contribution is 5.81. The van der Waals surface area contributed by atoms with Crippen LogP contribution in [-0.2, 0) is 6.54 Å². The molecule has 1 saturated carbocycles. The normalized spacial score (nSPS) is 23.6. The number of benzene rings is 1. The molecule has 3 rings (SSSR count). The molecule has 1 fully saturated rings. The van der Waals surface area contributed by atoms with Crippen LogP contribution in [0.15, 0.2) is 36.5 Å². The molecule has 0 amide bonds. The number of aliphatic hydroxyl groups excluding tert-OH is 1. The minimum Gasteiger partial charge on any atom is -0.392 e. The number of hydrogen-bond acceptors (Lipinski definition) is 3. The molecule has 2 atom stereocenters. The summed E-state index contributed by atoms with van der Waals surface area (Å²) in [6, 6.07) is 10.6. The van der Waals surface area contributed by atoms with Crippen LogP contribution >= 0.6 is 0 Å². The number of para-hydroxylation sites is 1. The first-order valence-corrected chi connectivity index (χ1v) is 7.58. The van der Waals surface area contributed by atoms with E-state index in [2.05, 4.69) is 34.6 Å². The minimum atomic E-state index is -0.208. The van der Waals surface area contributed by atoms with Crippen LogP contribution in [-0.4, -0.2) is 22.2 Å². The smallest absolute Gasteiger partial charge is 0.0746 e. The molecule has 0 bridgehead atoms. The van der Waals surface area contributed by atoms with Gasteiger partial charge in [0.15, 0.2) is 0 Å². The fourth-order valence-corrected chi connectivity index (χ4v) is 3.08. The van der Waals surface area contributed by atoms with Crippen molar-refractivity contribution in [1.82, 2.24) is 10.3 Å². The molecule has 2 aromatic rings. The maximum atomic E-state index is 10.2. The topological polar surface area (TPSA) is 45.1 Å². The molecule has 0 radical (unpaired) electrons. The summed E-state index contributed by atoms with van der Waals surface area (Å²) in [7, 11) is 0. The highest BCUT2D eigenvalue weighted by Crippen LogP contribution is 2.20. The molecule has 3 heteroatoms. The third-order valence-electron chi connectivity index (χ3n) is 4.25. The summed E-state index contributed by atoms with van der Waals surface area (Å²) in [5.74, 6) is 0. The zero-order valence-electron chi connectivity index (χ0n) is 11.8. The summed E-state index contributed by atoms with van der Waals surface area (Å²) in [5, 5.41) is 14.9. The van der Waals surface area contributed by atoms with Crippen molar-refractivity contribution < 1.29 is 5.11 Å². The van der Waals surface area contributed by atoms with E-state index in [1.54, 1.807) is 0 Å². The molecule has 106 valence electrons. The van der Waals surface area contributed by atoms with Crippen molar-refractivity contribution in [2.24, 2.45) is 0 Å². The zero-order valence-corrected chi connectivity index (χ0v) is 11.8. The number of fused-ring (bicyclic) bond motifs is 1. The molecule has 0 spiro atoms. The first-order chi connectivity index (χ1) is 9.84. The molecular formula is C17H22N2O. The van der Waals surface area contributed by atoms with Gasteiger partial charge in [-0.1, -0.05) is 43.5 Å². The Bertz CT molecular complexity index is 564. The average molecular weight is 270 g/mol. The van der Waals surface area contributed by atoms with Gasteiger partial charge in [0.05, 0.1) is 11.6 Å². The first-order valence-electron chi connectivity index (χ1n) is 7.58. The van der Waals surface area contributed by atoms with Crippen LogP contribution < -0.4 is 5.32 Å². The van der Waals surface area contributed by atoms with Crippen molar-refractivity contribution in [3.63, 3.8) is 0 Å². The van der Waals surface area contributed by atoms with E-state index in [9.17, 15) is 5.11 Å². The van der Waals surface area contributed by atoms with E-state index in [0.717, 1.165) is 31.3 Å². The average Bonchev–Trinajstić information content (AvgIpc) is 2.69. The van der Waals surface area contributed by atoms with Crippen LogP contribution in [0.3, 0.4) is 0 Å². The van der Waals surface area contributed by atoms with Gasteiger partial charge in [0, 0.05) is 24.2 Å². The fourth-order valence-electron chi connectivity index (χ4n) is 3.08. The lowest BCUT2D eigenvalue weighted by Crippen LogP contribution is -2.38. The third-order valence-corrected chi connectivity index (χ3v) is 4.25. The molecule has 2 N–H and O–H groups in total. The lowest BCUT2D eigenvalue weighted by atomic mass is 10.0. The van der Waals surface area contributed by atoms with Crippen LogP contribution in [0.4, 0.5) is 0 Å². The van der Waals surface area contributed by atoms with Crippen molar-refractivity contribution >= 4 is 10.9 Å². The standard InChI is InChI=1S/C17H22N2O/c20-16-10-3-1-2-9-15(16)19-12-14-7-4-6-13-8-5-11-18-17(13)14/h4-8,11,15-16,19-20H,1-3,9-10,12H2. The monoisotopic (exact) mass is 270 g/mol. The van der Waals surface area contributed by atoms with Gasteiger partial charge >= 0.3 is 0 Å². The van der Waals surface area contributed by atoms with Crippen LogP contribution in [0.5, 0.6) is 0 Å². The van der Waals surface area contributed by atoms with E-state index >= 15 is 0 Å². The second-order valence-corrected chi connectivity index (χ2v) is 5.69. The highest BCUT2D eigenvalue weighted by atomic mass is 16.3. The number of aliphatic hydroxyl groups is 1. The number of nitrogens with one attached hydrogen (secondary N) is 1. The van der Waals surface area contributed by atoms with Crippen molar-refractivity contribution in [3.05, 3.63) is 42.1 Å². The minimum absolute atomic E-state index is 0.208. The quantitative estimate of drug-likeness (QED) is 0.843. The van der Waals surface area contributed by atoms with E-state index in [1.165, 1.54) is 23.8 Å². The summed E-state index contributed by atoms with van der Waals surface area (Å²) in [5.41, 5.74) is 2.27.